The average Bonchev–Trinajstić information content (AvgIpc) is 3.07. The van der Waals surface area contributed by atoms with E-state index in [1.807, 2.05) is 12.2 Å². The van der Waals surface area contributed by atoms with Gasteiger partial charge in [-0.25, -0.2) is 9.78 Å². The highest BCUT2D eigenvalue weighted by atomic mass is 28.3. The van der Waals surface area contributed by atoms with Crippen molar-refractivity contribution in [1.29, 1.82) is 0 Å². The lowest BCUT2D eigenvalue weighted by molar-refractivity contribution is 0.0594. The zero-order valence-corrected chi connectivity index (χ0v) is 19.0. The predicted molar refractivity (Wildman–Crippen MR) is 112 cm³/mol. The molecule has 1 aromatic heterocycles. The fraction of sp³-hybridized carbons (Fsp3) is 0.619. The first-order valence-corrected chi connectivity index (χ1v) is 11.9. The molecule has 0 saturated carbocycles. The van der Waals surface area contributed by atoms with Crippen molar-refractivity contribution in [3.05, 3.63) is 41.8 Å². The molecule has 0 fully saturated rings. The van der Waals surface area contributed by atoms with Gasteiger partial charge in [0, 0.05) is 7.11 Å². The van der Waals surface area contributed by atoms with Gasteiger partial charge in [0.25, 0.3) is 0 Å². The second-order valence-electron chi connectivity index (χ2n) is 7.80. The first-order chi connectivity index (χ1) is 12.7. The molecule has 0 aromatic carbocycles. The average molecular weight is 394 g/mol. The lowest BCUT2D eigenvalue weighted by Gasteiger charge is -2.40. The fourth-order valence-electron chi connectivity index (χ4n) is 3.99. The molecular formula is C21H35NO4Si. The van der Waals surface area contributed by atoms with Gasteiger partial charge in [-0.15, -0.1) is 0 Å². The van der Waals surface area contributed by atoms with Crippen molar-refractivity contribution in [2.24, 2.45) is 0 Å². The van der Waals surface area contributed by atoms with Crippen molar-refractivity contribution < 1.29 is 18.7 Å². The van der Waals surface area contributed by atoms with Crippen LogP contribution in [0.25, 0.3) is 0 Å². The molecule has 27 heavy (non-hydrogen) atoms. The van der Waals surface area contributed by atoms with E-state index in [1.165, 1.54) is 13.4 Å². The Hall–Kier alpha value is -1.66. The summed E-state index contributed by atoms with van der Waals surface area (Å²) in [6.45, 7) is 14.1. The Labute approximate surface area is 164 Å². The van der Waals surface area contributed by atoms with E-state index in [4.69, 9.17) is 9.15 Å². The molecule has 0 aliphatic rings. The Morgan fingerprint density at radius 2 is 1.70 bits per heavy atom. The summed E-state index contributed by atoms with van der Waals surface area (Å²) in [7, 11) is 1.42. The topological polar surface area (TPSA) is 61.6 Å². The SMILES string of the molecule is COC(=O)c1coc(CC(/C=C/C=C\[Si](C(C)C)(C(C)C)C(C)C)OC)n1. The largest absolute Gasteiger partial charge is 0.464 e. The molecule has 1 rings (SSSR count). The third-order valence-corrected chi connectivity index (χ3v) is 12.2. The maximum absolute atomic E-state index is 11.5. The molecule has 152 valence electrons. The Morgan fingerprint density at radius 1 is 1.11 bits per heavy atom. The molecule has 0 bridgehead atoms. The summed E-state index contributed by atoms with van der Waals surface area (Å²) in [6, 6.07) is 0. The number of hydrogen-bond donors (Lipinski definition) is 0. The molecule has 1 atom stereocenters. The number of ether oxygens (including phenoxy) is 2. The van der Waals surface area contributed by atoms with Crippen LogP contribution in [0.15, 0.2) is 34.6 Å². The van der Waals surface area contributed by atoms with Crippen LogP contribution in [-0.4, -0.2) is 39.4 Å². The second kappa shape index (κ2) is 10.6. The Kier molecular flexibility index (Phi) is 9.19. The minimum Gasteiger partial charge on any atom is -0.464 e. The Morgan fingerprint density at radius 3 is 2.19 bits per heavy atom. The van der Waals surface area contributed by atoms with E-state index in [1.54, 1.807) is 7.11 Å². The molecule has 0 radical (unpaired) electrons. The monoisotopic (exact) mass is 393 g/mol. The molecule has 1 aromatic rings. The quantitative estimate of drug-likeness (QED) is 0.305. The van der Waals surface area contributed by atoms with Gasteiger partial charge in [-0.1, -0.05) is 65.5 Å². The van der Waals surface area contributed by atoms with Gasteiger partial charge in [0.1, 0.15) is 6.26 Å². The molecule has 0 aliphatic carbocycles. The summed E-state index contributed by atoms with van der Waals surface area (Å²) in [5.74, 6) is -0.0547. The van der Waals surface area contributed by atoms with Gasteiger partial charge >= 0.3 is 5.97 Å². The number of carbonyl (C=O) groups is 1. The van der Waals surface area contributed by atoms with E-state index >= 15 is 0 Å². The Balaban J connectivity index is 2.84. The second-order valence-corrected chi connectivity index (χ2v) is 13.6. The summed E-state index contributed by atoms with van der Waals surface area (Å²) >= 11 is 0. The van der Waals surface area contributed by atoms with Crippen LogP contribution < -0.4 is 0 Å². The molecule has 0 N–H and O–H groups in total. The molecule has 0 saturated heterocycles. The van der Waals surface area contributed by atoms with E-state index in [9.17, 15) is 4.79 Å². The molecule has 0 aliphatic heterocycles. The number of methoxy groups -OCH3 is 2. The summed E-state index contributed by atoms with van der Waals surface area (Å²) in [5, 5.41) is 0. The van der Waals surface area contributed by atoms with Crippen molar-refractivity contribution in [3.8, 4) is 0 Å². The smallest absolute Gasteiger partial charge is 0.360 e. The number of esters is 1. The van der Waals surface area contributed by atoms with Gasteiger partial charge in [0.15, 0.2) is 11.6 Å². The summed E-state index contributed by atoms with van der Waals surface area (Å²) in [4.78, 5) is 15.6. The van der Waals surface area contributed by atoms with Crippen molar-refractivity contribution >= 4 is 14.0 Å². The maximum Gasteiger partial charge on any atom is 0.360 e. The number of carbonyl (C=O) groups excluding carboxylic acids is 1. The summed E-state index contributed by atoms with van der Waals surface area (Å²) < 4.78 is 15.5. The van der Waals surface area contributed by atoms with Crippen LogP contribution in [0.4, 0.5) is 0 Å². The molecule has 5 nitrogen and oxygen atoms in total. The van der Waals surface area contributed by atoms with Crippen LogP contribution in [0.3, 0.4) is 0 Å². The number of aromatic nitrogens is 1. The number of nitrogens with zero attached hydrogens (tertiary/aromatic N) is 1. The van der Waals surface area contributed by atoms with Gasteiger partial charge in [-0.3, -0.25) is 0 Å². The van der Waals surface area contributed by atoms with Gasteiger partial charge in [0.05, 0.1) is 27.7 Å². The van der Waals surface area contributed by atoms with E-state index in [0.717, 1.165) is 0 Å². The molecular weight excluding hydrogens is 358 g/mol. The number of allylic oxidation sites excluding steroid dienone is 2. The summed E-state index contributed by atoms with van der Waals surface area (Å²) in [6.07, 6.45) is 7.82. The molecule has 6 heteroatoms. The highest BCUT2D eigenvalue weighted by Gasteiger charge is 2.39. The predicted octanol–water partition coefficient (Wildman–Crippen LogP) is 5.35. The third-order valence-electron chi connectivity index (χ3n) is 5.45. The van der Waals surface area contributed by atoms with Crippen LogP contribution in [0.1, 0.15) is 57.9 Å². The standard InChI is InChI=1S/C21H35NO4Si/c1-15(2)27(16(3)4,17(5)6)12-10-9-11-18(24-7)13-20-22-19(14-26-20)21(23)25-8/h9-12,14-18H,13H2,1-8H3/b11-9+,12-10-. The normalized spacial score (nSPS) is 14.2. The van der Waals surface area contributed by atoms with Crippen molar-refractivity contribution in [1.82, 2.24) is 4.98 Å². The first kappa shape index (κ1) is 23.4. The van der Waals surface area contributed by atoms with Crippen LogP contribution in [-0.2, 0) is 15.9 Å². The Bertz CT molecular complexity index is 625. The third kappa shape index (κ3) is 5.91. The number of hydrogen-bond acceptors (Lipinski definition) is 5. The highest BCUT2D eigenvalue weighted by molar-refractivity contribution is 6.88. The van der Waals surface area contributed by atoms with Crippen LogP contribution >= 0.6 is 0 Å². The van der Waals surface area contributed by atoms with Gasteiger partial charge in [0.2, 0.25) is 0 Å². The number of rotatable bonds is 10. The minimum atomic E-state index is -1.55. The van der Waals surface area contributed by atoms with E-state index in [2.05, 4.69) is 63.0 Å². The fourth-order valence-corrected chi connectivity index (χ4v) is 9.59. The van der Waals surface area contributed by atoms with Crippen molar-refractivity contribution in [2.75, 3.05) is 14.2 Å². The summed E-state index contributed by atoms with van der Waals surface area (Å²) in [5.41, 5.74) is 4.70. The molecule has 1 unspecified atom stereocenters. The molecule has 0 amide bonds. The lowest BCUT2D eigenvalue weighted by atomic mass is 10.2. The van der Waals surface area contributed by atoms with Crippen molar-refractivity contribution in [2.45, 2.75) is 70.7 Å². The van der Waals surface area contributed by atoms with Crippen LogP contribution in [0, 0.1) is 0 Å². The van der Waals surface area contributed by atoms with Crippen LogP contribution in [0.2, 0.25) is 16.6 Å². The molecule has 1 heterocycles. The lowest BCUT2D eigenvalue weighted by Crippen LogP contribution is -2.42. The van der Waals surface area contributed by atoms with Crippen LogP contribution in [0.5, 0.6) is 0 Å². The zero-order chi connectivity index (χ0) is 20.6. The van der Waals surface area contributed by atoms with Gasteiger partial charge < -0.3 is 13.9 Å². The molecule has 0 spiro atoms. The maximum atomic E-state index is 11.5. The number of oxazole rings is 1. The first-order valence-electron chi connectivity index (χ1n) is 9.60. The zero-order valence-electron chi connectivity index (χ0n) is 18.0. The van der Waals surface area contributed by atoms with Crippen molar-refractivity contribution in [3.63, 3.8) is 0 Å². The minimum absolute atomic E-state index is 0.174. The van der Waals surface area contributed by atoms with Gasteiger partial charge in [-0.05, 0) is 16.6 Å². The highest BCUT2D eigenvalue weighted by Crippen LogP contribution is 2.42. The van der Waals surface area contributed by atoms with Gasteiger partial charge in [-0.2, -0.15) is 0 Å². The van der Waals surface area contributed by atoms with E-state index in [0.29, 0.717) is 28.9 Å². The van der Waals surface area contributed by atoms with E-state index in [-0.39, 0.29) is 11.8 Å². The van der Waals surface area contributed by atoms with E-state index < -0.39 is 14.0 Å².